The molecule has 1 atom stereocenters. The number of urea groups is 1. The van der Waals surface area contributed by atoms with Gasteiger partial charge in [0.2, 0.25) is 6.10 Å². The van der Waals surface area contributed by atoms with Gasteiger partial charge in [-0.1, -0.05) is 60.7 Å². The summed E-state index contributed by atoms with van der Waals surface area (Å²) in [6.45, 7) is 5.86. The number of nitrogens with zero attached hydrogens (tertiary/aromatic N) is 2. The van der Waals surface area contributed by atoms with Crippen LogP contribution in [0, 0.1) is 13.8 Å². The Bertz CT molecular complexity index is 1430. The first-order valence-electron chi connectivity index (χ1n) is 14.8. The van der Waals surface area contributed by atoms with Gasteiger partial charge in [-0.3, -0.25) is 0 Å². The van der Waals surface area contributed by atoms with Crippen LogP contribution in [0.25, 0.3) is 0 Å². The van der Waals surface area contributed by atoms with E-state index >= 15 is 0 Å². The number of anilines is 1. The maximum atomic E-state index is 13.2. The molecule has 2 heterocycles. The highest BCUT2D eigenvalue weighted by Crippen LogP contribution is 2.28. The predicted molar refractivity (Wildman–Crippen MR) is 163 cm³/mol. The van der Waals surface area contributed by atoms with Gasteiger partial charge in [0.25, 0.3) is 0 Å². The van der Waals surface area contributed by atoms with E-state index in [2.05, 4.69) is 5.32 Å². The lowest BCUT2D eigenvalue weighted by Crippen LogP contribution is -2.50. The maximum Gasteiger partial charge on any atom is 0.410 e. The van der Waals surface area contributed by atoms with Crippen LogP contribution < -0.4 is 10.1 Å². The third-order valence-corrected chi connectivity index (χ3v) is 8.18. The number of hydrogen-bond donors (Lipinski definition) is 1. The summed E-state index contributed by atoms with van der Waals surface area (Å²) >= 11 is 0. The van der Waals surface area contributed by atoms with Gasteiger partial charge in [-0.25, -0.2) is 14.4 Å². The molecule has 0 radical (unpaired) electrons. The molecule has 0 saturated carbocycles. The summed E-state index contributed by atoms with van der Waals surface area (Å²) in [5, 5.41) is 3.02. The summed E-state index contributed by atoms with van der Waals surface area (Å²) in [7, 11) is 1.29. The molecule has 1 N–H and O–H groups in total. The second kappa shape index (κ2) is 13.6. The molecular weight excluding hydrogens is 546 g/mol. The molecule has 0 aliphatic carbocycles. The number of fused-ring (bicyclic) bond motifs is 1. The van der Waals surface area contributed by atoms with Gasteiger partial charge in [-0.05, 0) is 67.0 Å². The molecule has 1 saturated heterocycles. The monoisotopic (exact) mass is 585 g/mol. The Hall–Kier alpha value is -4.53. The van der Waals surface area contributed by atoms with E-state index in [1.807, 2.05) is 85.5 Å². The number of ether oxygens (including phenoxy) is 3. The quantitative estimate of drug-likeness (QED) is 0.343. The smallest absolute Gasteiger partial charge is 0.410 e. The molecule has 0 unspecified atom stereocenters. The van der Waals surface area contributed by atoms with Crippen molar-refractivity contribution >= 4 is 23.8 Å². The van der Waals surface area contributed by atoms with E-state index in [9.17, 15) is 14.4 Å². The maximum absolute atomic E-state index is 13.2. The van der Waals surface area contributed by atoms with Gasteiger partial charge in [0, 0.05) is 37.8 Å². The van der Waals surface area contributed by atoms with Crippen LogP contribution in [-0.2, 0) is 33.7 Å². The Morgan fingerprint density at radius 3 is 2.30 bits per heavy atom. The van der Waals surface area contributed by atoms with Crippen LogP contribution in [0.1, 0.15) is 40.7 Å². The largest absolute Gasteiger partial charge is 0.488 e. The average Bonchev–Trinajstić information content (AvgIpc) is 3.18. The van der Waals surface area contributed by atoms with Crippen molar-refractivity contribution in [1.82, 2.24) is 9.80 Å². The molecule has 1 fully saturated rings. The van der Waals surface area contributed by atoms with Crippen LogP contribution in [0.3, 0.4) is 0 Å². The van der Waals surface area contributed by atoms with Crippen molar-refractivity contribution in [2.75, 3.05) is 32.1 Å². The number of carbonyl (C=O) groups excluding carboxylic acids is 3. The summed E-state index contributed by atoms with van der Waals surface area (Å²) in [5.41, 5.74) is 5.76. The molecule has 0 bridgehead atoms. The van der Waals surface area contributed by atoms with Crippen LogP contribution >= 0.6 is 0 Å². The first kappa shape index (κ1) is 29.9. The summed E-state index contributed by atoms with van der Waals surface area (Å²) in [6, 6.07) is 21.6. The van der Waals surface area contributed by atoms with Gasteiger partial charge < -0.3 is 29.3 Å². The molecule has 3 aromatic rings. The lowest BCUT2D eigenvalue weighted by molar-refractivity contribution is -0.151. The highest BCUT2D eigenvalue weighted by molar-refractivity contribution is 5.91. The first-order chi connectivity index (χ1) is 20.8. The van der Waals surface area contributed by atoms with Crippen molar-refractivity contribution in [2.45, 2.75) is 58.3 Å². The van der Waals surface area contributed by atoms with E-state index in [1.54, 1.807) is 4.90 Å². The number of aryl methyl sites for hydroxylation is 2. The van der Waals surface area contributed by atoms with E-state index in [-0.39, 0.29) is 18.5 Å². The normalized spacial score (nSPS) is 16.0. The second-order valence-corrected chi connectivity index (χ2v) is 11.2. The van der Waals surface area contributed by atoms with Crippen molar-refractivity contribution in [3.8, 4) is 5.75 Å². The Balaban J connectivity index is 1.17. The second-order valence-electron chi connectivity index (χ2n) is 11.2. The number of rotatable bonds is 8. The molecule has 2 aliphatic heterocycles. The number of hydrogen-bond acceptors (Lipinski definition) is 6. The summed E-state index contributed by atoms with van der Waals surface area (Å²) in [6.07, 6.45) is 0.578. The zero-order valence-corrected chi connectivity index (χ0v) is 25.0. The lowest BCUT2D eigenvalue weighted by Gasteiger charge is -2.37. The Kier molecular flexibility index (Phi) is 9.49. The number of piperidine rings is 1. The molecule has 9 heteroatoms. The molecule has 0 aromatic heterocycles. The van der Waals surface area contributed by atoms with Crippen molar-refractivity contribution in [2.24, 2.45) is 0 Å². The summed E-state index contributed by atoms with van der Waals surface area (Å²) < 4.78 is 16.8. The van der Waals surface area contributed by atoms with Crippen LogP contribution in [0.15, 0.2) is 66.7 Å². The van der Waals surface area contributed by atoms with Crippen molar-refractivity contribution in [3.05, 3.63) is 94.5 Å². The first-order valence-corrected chi connectivity index (χ1v) is 14.8. The van der Waals surface area contributed by atoms with E-state index in [0.717, 1.165) is 45.7 Å². The van der Waals surface area contributed by atoms with Crippen LogP contribution in [0.4, 0.5) is 15.3 Å². The van der Waals surface area contributed by atoms with E-state index in [1.165, 1.54) is 7.11 Å². The summed E-state index contributed by atoms with van der Waals surface area (Å²) in [4.78, 5) is 42.2. The van der Waals surface area contributed by atoms with Gasteiger partial charge in [0.1, 0.15) is 12.4 Å². The number of carbonyl (C=O) groups is 3. The molecule has 9 nitrogen and oxygen atoms in total. The van der Waals surface area contributed by atoms with E-state index in [0.29, 0.717) is 39.1 Å². The van der Waals surface area contributed by atoms with Crippen molar-refractivity contribution < 1.29 is 28.6 Å². The lowest BCUT2D eigenvalue weighted by atomic mass is 10.0. The number of esters is 1. The third-order valence-electron chi connectivity index (χ3n) is 8.18. The highest BCUT2D eigenvalue weighted by Gasteiger charge is 2.33. The standard InChI is InChI=1S/C34H39N3O6/c1-23-19-26(20-24(2)31(23)42-22-25-9-5-4-6-10-25)21-30(32(38)41-3)43-34(40)36-16-14-28(15-17-36)37-18-13-27-11-7-8-12-29(27)35-33(37)39/h4-12,19-20,28,30H,13-18,21-22H2,1-3H3,(H,35,39)/t30-/m1/s1. The topological polar surface area (TPSA) is 97.4 Å². The third kappa shape index (κ3) is 7.28. The zero-order valence-electron chi connectivity index (χ0n) is 25.0. The van der Waals surface area contributed by atoms with E-state index in [4.69, 9.17) is 14.2 Å². The molecule has 3 amide bonds. The highest BCUT2D eigenvalue weighted by atomic mass is 16.6. The zero-order chi connectivity index (χ0) is 30.3. The van der Waals surface area contributed by atoms with Crippen LogP contribution in [0.2, 0.25) is 0 Å². The van der Waals surface area contributed by atoms with Gasteiger partial charge >= 0.3 is 18.1 Å². The number of amides is 3. The van der Waals surface area contributed by atoms with Crippen LogP contribution in [0.5, 0.6) is 5.75 Å². The van der Waals surface area contributed by atoms with Crippen molar-refractivity contribution in [3.63, 3.8) is 0 Å². The van der Waals surface area contributed by atoms with Gasteiger partial charge in [0.15, 0.2) is 0 Å². The summed E-state index contributed by atoms with van der Waals surface area (Å²) in [5.74, 6) is 0.188. The fourth-order valence-corrected chi connectivity index (χ4v) is 5.93. The molecule has 3 aromatic carbocycles. The van der Waals surface area contributed by atoms with E-state index < -0.39 is 18.2 Å². The minimum absolute atomic E-state index is 0.0170. The minimum Gasteiger partial charge on any atom is -0.488 e. The Morgan fingerprint density at radius 1 is 0.930 bits per heavy atom. The molecule has 226 valence electrons. The molecular formula is C34H39N3O6. The molecule has 2 aliphatic rings. The number of para-hydroxylation sites is 1. The molecule has 5 rings (SSSR count). The van der Waals surface area contributed by atoms with Crippen molar-refractivity contribution in [1.29, 1.82) is 0 Å². The van der Waals surface area contributed by atoms with Gasteiger partial charge in [-0.15, -0.1) is 0 Å². The number of likely N-dealkylation sites (tertiary alicyclic amines) is 1. The average molecular weight is 586 g/mol. The number of nitrogens with one attached hydrogen (secondary N) is 1. The SMILES string of the molecule is COC(=O)[C@@H](Cc1cc(C)c(OCc2ccccc2)c(C)c1)OC(=O)N1CCC(N2CCc3ccccc3NC2=O)CC1. The fraction of sp³-hybridized carbons (Fsp3) is 0.382. The number of methoxy groups -OCH3 is 1. The molecule has 43 heavy (non-hydrogen) atoms. The Labute approximate surface area is 252 Å². The number of benzene rings is 3. The Morgan fingerprint density at radius 2 is 1.60 bits per heavy atom. The fourth-order valence-electron chi connectivity index (χ4n) is 5.93. The minimum atomic E-state index is -1.08. The predicted octanol–water partition coefficient (Wildman–Crippen LogP) is 5.66. The van der Waals surface area contributed by atoms with Crippen LogP contribution in [-0.4, -0.2) is 66.8 Å². The van der Waals surface area contributed by atoms with Gasteiger partial charge in [-0.2, -0.15) is 0 Å². The molecule has 0 spiro atoms. The van der Waals surface area contributed by atoms with Gasteiger partial charge in [0.05, 0.1) is 7.11 Å².